The van der Waals surface area contributed by atoms with Gasteiger partial charge in [-0.2, -0.15) is 0 Å². The van der Waals surface area contributed by atoms with E-state index in [-0.39, 0.29) is 18.6 Å². The fourth-order valence-electron chi connectivity index (χ4n) is 3.68. The van der Waals surface area contributed by atoms with Crippen molar-refractivity contribution in [2.24, 2.45) is 5.92 Å². The minimum Gasteiger partial charge on any atom is -0.497 e. The van der Waals surface area contributed by atoms with E-state index in [2.05, 4.69) is 0 Å². The molecule has 2 aromatic carbocycles. The standard InChI is InChI=1S/C20H22O6/c1-11-19(13-7-12(22-3)5-6-15(13)23-4)14-8-17-18(25-10-24-17)9-16(14)26-20(11,2)21/h5-9,11,19,21H,10H2,1-4H3/t11-,19-,20-/m1/s1. The van der Waals surface area contributed by atoms with E-state index < -0.39 is 5.79 Å². The van der Waals surface area contributed by atoms with Gasteiger partial charge in [-0.1, -0.05) is 6.92 Å². The normalized spacial score (nSPS) is 26.0. The molecule has 6 nitrogen and oxygen atoms in total. The van der Waals surface area contributed by atoms with Crippen LogP contribution in [0.15, 0.2) is 30.3 Å². The highest BCUT2D eigenvalue weighted by Gasteiger charge is 2.45. The average molecular weight is 358 g/mol. The summed E-state index contributed by atoms with van der Waals surface area (Å²) in [6, 6.07) is 9.36. The van der Waals surface area contributed by atoms with E-state index in [0.717, 1.165) is 22.6 Å². The van der Waals surface area contributed by atoms with Crippen molar-refractivity contribution in [2.75, 3.05) is 21.0 Å². The van der Waals surface area contributed by atoms with Crippen LogP contribution in [0.25, 0.3) is 0 Å². The average Bonchev–Trinajstić information content (AvgIpc) is 3.08. The topological polar surface area (TPSA) is 66.4 Å². The lowest BCUT2D eigenvalue weighted by molar-refractivity contribution is -0.171. The number of ether oxygens (including phenoxy) is 5. The van der Waals surface area contributed by atoms with Gasteiger partial charge in [0.25, 0.3) is 0 Å². The van der Waals surface area contributed by atoms with Crippen molar-refractivity contribution in [3.05, 3.63) is 41.5 Å². The smallest absolute Gasteiger partial charge is 0.231 e. The van der Waals surface area contributed by atoms with Crippen molar-refractivity contribution in [3.63, 3.8) is 0 Å². The molecule has 6 heteroatoms. The molecule has 0 radical (unpaired) electrons. The Balaban J connectivity index is 1.93. The highest BCUT2D eigenvalue weighted by molar-refractivity contribution is 5.58. The predicted molar refractivity (Wildman–Crippen MR) is 94.4 cm³/mol. The van der Waals surface area contributed by atoms with E-state index in [1.807, 2.05) is 31.2 Å². The molecular formula is C20H22O6. The van der Waals surface area contributed by atoms with Crippen LogP contribution in [0, 0.1) is 5.92 Å². The maximum absolute atomic E-state index is 10.9. The summed E-state index contributed by atoms with van der Waals surface area (Å²) in [6.07, 6.45) is 0. The summed E-state index contributed by atoms with van der Waals surface area (Å²) in [5.74, 6) is 1.56. The van der Waals surface area contributed by atoms with Crippen molar-refractivity contribution in [1.82, 2.24) is 0 Å². The Kier molecular flexibility index (Phi) is 3.88. The van der Waals surface area contributed by atoms with E-state index >= 15 is 0 Å². The molecule has 1 N–H and O–H groups in total. The van der Waals surface area contributed by atoms with Gasteiger partial charge in [0.2, 0.25) is 12.6 Å². The first-order valence-corrected chi connectivity index (χ1v) is 8.51. The van der Waals surface area contributed by atoms with E-state index in [4.69, 9.17) is 23.7 Å². The van der Waals surface area contributed by atoms with Gasteiger partial charge in [-0.05, 0) is 24.3 Å². The quantitative estimate of drug-likeness (QED) is 0.908. The molecule has 3 atom stereocenters. The molecule has 0 spiro atoms. The summed E-state index contributed by atoms with van der Waals surface area (Å²) in [7, 11) is 3.26. The summed E-state index contributed by atoms with van der Waals surface area (Å²) in [5, 5.41) is 10.9. The Labute approximate surface area is 152 Å². The summed E-state index contributed by atoms with van der Waals surface area (Å²) in [6.45, 7) is 3.80. The first-order chi connectivity index (χ1) is 12.4. The van der Waals surface area contributed by atoms with Crippen molar-refractivity contribution in [3.8, 4) is 28.7 Å². The van der Waals surface area contributed by atoms with Crippen LogP contribution in [-0.2, 0) is 0 Å². The van der Waals surface area contributed by atoms with Crippen LogP contribution in [0.1, 0.15) is 30.9 Å². The second kappa shape index (κ2) is 5.99. The minimum atomic E-state index is -1.35. The van der Waals surface area contributed by atoms with Gasteiger partial charge in [-0.3, -0.25) is 0 Å². The lowest BCUT2D eigenvalue weighted by Crippen LogP contribution is -2.45. The molecule has 0 saturated heterocycles. The zero-order chi connectivity index (χ0) is 18.5. The van der Waals surface area contributed by atoms with Gasteiger partial charge in [0, 0.05) is 36.0 Å². The molecular weight excluding hydrogens is 336 g/mol. The largest absolute Gasteiger partial charge is 0.497 e. The second-order valence-corrected chi connectivity index (χ2v) is 6.77. The summed E-state index contributed by atoms with van der Waals surface area (Å²) in [5.41, 5.74) is 1.84. The van der Waals surface area contributed by atoms with Crippen LogP contribution in [0.3, 0.4) is 0 Å². The SMILES string of the molecule is COc1ccc(OC)c([C@@H]2c3cc4c(cc3O[C@@](C)(O)[C@@H]2C)OCO4)c1. The van der Waals surface area contributed by atoms with E-state index in [0.29, 0.717) is 17.2 Å². The number of benzene rings is 2. The highest BCUT2D eigenvalue weighted by Crippen LogP contribution is 2.53. The molecule has 2 heterocycles. The van der Waals surface area contributed by atoms with Crippen molar-refractivity contribution >= 4 is 0 Å². The molecule has 4 rings (SSSR count). The number of fused-ring (bicyclic) bond motifs is 2. The Morgan fingerprint density at radius 3 is 2.42 bits per heavy atom. The third-order valence-corrected chi connectivity index (χ3v) is 5.27. The molecule has 2 aliphatic rings. The molecule has 0 amide bonds. The molecule has 0 saturated carbocycles. The zero-order valence-corrected chi connectivity index (χ0v) is 15.2. The van der Waals surface area contributed by atoms with Gasteiger partial charge in [-0.15, -0.1) is 0 Å². The van der Waals surface area contributed by atoms with Crippen LogP contribution in [0.4, 0.5) is 0 Å². The van der Waals surface area contributed by atoms with Crippen LogP contribution in [0.5, 0.6) is 28.7 Å². The van der Waals surface area contributed by atoms with E-state index in [1.54, 1.807) is 27.2 Å². The number of aliphatic hydroxyl groups is 1. The number of rotatable bonds is 3. The first kappa shape index (κ1) is 16.8. The van der Waals surface area contributed by atoms with Crippen molar-refractivity contribution in [1.29, 1.82) is 0 Å². The number of hydrogen-bond donors (Lipinski definition) is 1. The Bertz CT molecular complexity index is 844. The van der Waals surface area contributed by atoms with Gasteiger partial charge in [-0.25, -0.2) is 0 Å². The maximum atomic E-state index is 10.9. The van der Waals surface area contributed by atoms with Crippen molar-refractivity contribution < 1.29 is 28.8 Å². The second-order valence-electron chi connectivity index (χ2n) is 6.77. The van der Waals surface area contributed by atoms with E-state index in [1.165, 1.54) is 0 Å². The molecule has 0 aliphatic carbocycles. The summed E-state index contributed by atoms with van der Waals surface area (Å²) < 4.78 is 27.9. The molecule has 0 unspecified atom stereocenters. The van der Waals surface area contributed by atoms with E-state index in [9.17, 15) is 5.11 Å². The van der Waals surface area contributed by atoms with Gasteiger partial charge >= 0.3 is 0 Å². The zero-order valence-electron chi connectivity index (χ0n) is 15.2. The third kappa shape index (κ3) is 2.52. The monoisotopic (exact) mass is 358 g/mol. The number of hydrogen-bond acceptors (Lipinski definition) is 6. The van der Waals surface area contributed by atoms with Crippen LogP contribution in [-0.4, -0.2) is 31.9 Å². The molecule has 138 valence electrons. The van der Waals surface area contributed by atoms with Crippen LogP contribution in [0.2, 0.25) is 0 Å². The molecule has 2 aliphatic heterocycles. The Hall–Kier alpha value is -2.60. The lowest BCUT2D eigenvalue weighted by Gasteiger charge is -2.42. The molecule has 0 bridgehead atoms. The van der Waals surface area contributed by atoms with Gasteiger partial charge in [0.05, 0.1) is 14.2 Å². The molecule has 0 fully saturated rings. The highest BCUT2D eigenvalue weighted by atomic mass is 16.7. The van der Waals surface area contributed by atoms with Crippen LogP contribution >= 0.6 is 0 Å². The Morgan fingerprint density at radius 2 is 1.73 bits per heavy atom. The van der Waals surface area contributed by atoms with Gasteiger partial charge < -0.3 is 28.8 Å². The number of methoxy groups -OCH3 is 2. The fraction of sp³-hybridized carbons (Fsp3) is 0.400. The molecule has 0 aromatic heterocycles. The predicted octanol–water partition coefficient (Wildman–Crippen LogP) is 3.30. The fourth-order valence-corrected chi connectivity index (χ4v) is 3.68. The van der Waals surface area contributed by atoms with Gasteiger partial charge in [0.15, 0.2) is 11.5 Å². The minimum absolute atomic E-state index is 0.173. The van der Waals surface area contributed by atoms with Gasteiger partial charge in [0.1, 0.15) is 17.2 Å². The summed E-state index contributed by atoms with van der Waals surface area (Å²) in [4.78, 5) is 0. The van der Waals surface area contributed by atoms with Crippen LogP contribution < -0.4 is 23.7 Å². The molecule has 2 aromatic rings. The van der Waals surface area contributed by atoms with Crippen molar-refractivity contribution in [2.45, 2.75) is 25.6 Å². The summed E-state index contributed by atoms with van der Waals surface area (Å²) >= 11 is 0. The maximum Gasteiger partial charge on any atom is 0.231 e. The first-order valence-electron chi connectivity index (χ1n) is 8.51. The Morgan fingerprint density at radius 1 is 1.00 bits per heavy atom. The third-order valence-electron chi connectivity index (χ3n) is 5.27. The molecule has 26 heavy (non-hydrogen) atoms. The lowest BCUT2D eigenvalue weighted by atomic mass is 9.75.